The number of nitrogens with zero attached hydrogens (tertiary/aromatic N) is 1. The van der Waals surface area contributed by atoms with Crippen LogP contribution in [0.15, 0.2) is 23.2 Å². The molecule has 0 spiro atoms. The lowest BCUT2D eigenvalue weighted by Gasteiger charge is -2.27. The fourth-order valence-electron chi connectivity index (χ4n) is 1.98. The van der Waals surface area contributed by atoms with Crippen molar-refractivity contribution in [3.63, 3.8) is 0 Å². The number of nitrogens with one attached hydrogen (secondary N) is 2. The number of hydrogen-bond donors (Lipinski definition) is 2. The van der Waals surface area contributed by atoms with Crippen LogP contribution in [0.4, 0.5) is 17.6 Å². The second kappa shape index (κ2) is 9.65. The minimum absolute atomic E-state index is 0. The molecule has 138 valence electrons. The summed E-state index contributed by atoms with van der Waals surface area (Å²) in [7, 11) is 1.47. The first-order valence-electron chi connectivity index (χ1n) is 7.02. The van der Waals surface area contributed by atoms with Gasteiger partial charge in [-0.3, -0.25) is 4.99 Å². The van der Waals surface area contributed by atoms with Crippen molar-refractivity contribution in [3.05, 3.63) is 34.6 Å². The van der Waals surface area contributed by atoms with Gasteiger partial charge in [0.1, 0.15) is 5.82 Å². The summed E-state index contributed by atoms with van der Waals surface area (Å²) < 4.78 is 49.5. The molecule has 0 aliphatic rings. The second-order valence-electron chi connectivity index (χ2n) is 5.73. The lowest BCUT2D eigenvalue weighted by atomic mass is 9.84. The Bertz CT molecular complexity index is 562. The molecule has 0 unspecified atom stereocenters. The van der Waals surface area contributed by atoms with Crippen LogP contribution in [-0.4, -0.2) is 32.3 Å². The van der Waals surface area contributed by atoms with E-state index in [1.165, 1.54) is 19.2 Å². The monoisotopic (exact) mass is 481 g/mol. The minimum atomic E-state index is -4.22. The van der Waals surface area contributed by atoms with E-state index in [1.807, 2.05) is 13.8 Å². The molecule has 1 rings (SSSR count). The number of aliphatic imine (C=N–C) groups is 1. The molecule has 0 fully saturated rings. The molecule has 3 nitrogen and oxygen atoms in total. The van der Waals surface area contributed by atoms with Crippen molar-refractivity contribution in [3.8, 4) is 0 Å². The fraction of sp³-hybridized carbons (Fsp3) is 0.533. The Morgan fingerprint density at radius 3 is 2.33 bits per heavy atom. The van der Waals surface area contributed by atoms with Crippen LogP contribution in [0.5, 0.6) is 0 Å². The van der Waals surface area contributed by atoms with E-state index in [0.29, 0.717) is 11.6 Å². The van der Waals surface area contributed by atoms with Gasteiger partial charge in [0.25, 0.3) is 0 Å². The lowest BCUT2D eigenvalue weighted by molar-refractivity contribution is -0.132. The number of hydrogen-bond acceptors (Lipinski definition) is 1. The average Bonchev–Trinajstić information content (AvgIpc) is 2.40. The van der Waals surface area contributed by atoms with Crippen LogP contribution >= 0.6 is 35.6 Å². The standard InChI is InChI=1S/C15H20ClF4N3.HI/c1-14(2,11-5-4-10(17)8-12(11)16)9-23-13(21-3)22-7-6-15(18,19)20;/h4-5,8H,6-7,9H2,1-3H3,(H2,21,22,23);1H. The van der Waals surface area contributed by atoms with Crippen molar-refractivity contribution in [2.75, 3.05) is 20.1 Å². The molecule has 0 heterocycles. The molecule has 0 amide bonds. The number of halogens is 6. The first-order valence-corrected chi connectivity index (χ1v) is 7.40. The maximum Gasteiger partial charge on any atom is 0.390 e. The Kier molecular flexibility index (Phi) is 9.34. The minimum Gasteiger partial charge on any atom is -0.356 e. The molecule has 24 heavy (non-hydrogen) atoms. The Labute approximate surface area is 161 Å². The predicted octanol–water partition coefficient (Wildman–Crippen LogP) is 4.49. The molecule has 0 aliphatic heterocycles. The van der Waals surface area contributed by atoms with Gasteiger partial charge in [0.05, 0.1) is 6.42 Å². The Hall–Kier alpha value is -0.770. The number of guanidine groups is 1. The van der Waals surface area contributed by atoms with E-state index < -0.39 is 23.8 Å². The van der Waals surface area contributed by atoms with Crippen molar-refractivity contribution < 1.29 is 17.6 Å². The molecule has 0 aliphatic carbocycles. The highest BCUT2D eigenvalue weighted by Gasteiger charge is 2.27. The van der Waals surface area contributed by atoms with Crippen LogP contribution < -0.4 is 10.6 Å². The van der Waals surface area contributed by atoms with Gasteiger partial charge < -0.3 is 10.6 Å². The summed E-state index contributed by atoms with van der Waals surface area (Å²) in [5, 5.41) is 5.86. The van der Waals surface area contributed by atoms with Crippen LogP contribution in [0.1, 0.15) is 25.8 Å². The number of benzene rings is 1. The molecule has 0 saturated carbocycles. The number of rotatable bonds is 5. The molecule has 0 atom stereocenters. The third kappa shape index (κ3) is 7.87. The van der Waals surface area contributed by atoms with Crippen molar-refractivity contribution in [1.82, 2.24) is 10.6 Å². The van der Waals surface area contributed by atoms with Crippen molar-refractivity contribution in [2.45, 2.75) is 31.9 Å². The van der Waals surface area contributed by atoms with Gasteiger partial charge in [0.2, 0.25) is 0 Å². The first kappa shape index (κ1) is 23.2. The quantitative estimate of drug-likeness (QED) is 0.281. The molecule has 1 aromatic rings. The Morgan fingerprint density at radius 1 is 1.21 bits per heavy atom. The molecule has 0 saturated heterocycles. The smallest absolute Gasteiger partial charge is 0.356 e. The van der Waals surface area contributed by atoms with Crippen LogP contribution in [0.2, 0.25) is 5.02 Å². The Morgan fingerprint density at radius 2 is 1.83 bits per heavy atom. The van der Waals surface area contributed by atoms with Crippen molar-refractivity contribution in [2.24, 2.45) is 4.99 Å². The maximum atomic E-state index is 13.1. The van der Waals surface area contributed by atoms with Gasteiger partial charge in [-0.2, -0.15) is 13.2 Å². The molecule has 9 heteroatoms. The average molecular weight is 482 g/mol. The summed E-state index contributed by atoms with van der Waals surface area (Å²) in [5.41, 5.74) is 0.269. The summed E-state index contributed by atoms with van der Waals surface area (Å²) in [6.45, 7) is 3.88. The van der Waals surface area contributed by atoms with Gasteiger partial charge >= 0.3 is 6.18 Å². The molecule has 1 aromatic carbocycles. The summed E-state index contributed by atoms with van der Waals surface area (Å²) in [4.78, 5) is 3.87. The highest BCUT2D eigenvalue weighted by Crippen LogP contribution is 2.29. The van der Waals surface area contributed by atoms with E-state index in [9.17, 15) is 17.6 Å². The van der Waals surface area contributed by atoms with E-state index in [2.05, 4.69) is 15.6 Å². The van der Waals surface area contributed by atoms with Gasteiger partial charge in [0.15, 0.2) is 5.96 Å². The van der Waals surface area contributed by atoms with Crippen LogP contribution in [-0.2, 0) is 5.41 Å². The van der Waals surface area contributed by atoms with E-state index in [4.69, 9.17) is 11.6 Å². The van der Waals surface area contributed by atoms with Gasteiger partial charge in [-0.25, -0.2) is 4.39 Å². The first-order chi connectivity index (χ1) is 10.5. The largest absolute Gasteiger partial charge is 0.390 e. The lowest BCUT2D eigenvalue weighted by Crippen LogP contribution is -2.44. The van der Waals surface area contributed by atoms with Crippen LogP contribution in [0, 0.1) is 5.82 Å². The van der Waals surface area contributed by atoms with E-state index >= 15 is 0 Å². The van der Waals surface area contributed by atoms with E-state index in [1.54, 1.807) is 6.07 Å². The highest BCUT2D eigenvalue weighted by atomic mass is 127. The third-order valence-corrected chi connectivity index (χ3v) is 3.60. The molecule has 2 N–H and O–H groups in total. The predicted molar refractivity (Wildman–Crippen MR) is 99.9 cm³/mol. The van der Waals surface area contributed by atoms with Crippen LogP contribution in [0.25, 0.3) is 0 Å². The maximum absolute atomic E-state index is 13.1. The molecular weight excluding hydrogens is 461 g/mol. The topological polar surface area (TPSA) is 36.4 Å². The molecule has 0 aromatic heterocycles. The summed E-state index contributed by atoms with van der Waals surface area (Å²) in [6, 6.07) is 4.15. The fourth-order valence-corrected chi connectivity index (χ4v) is 2.40. The summed E-state index contributed by atoms with van der Waals surface area (Å²) in [6.07, 6.45) is -5.16. The molecule has 0 bridgehead atoms. The van der Waals surface area contributed by atoms with Gasteiger partial charge in [-0.05, 0) is 17.7 Å². The van der Waals surface area contributed by atoms with E-state index in [-0.39, 0.29) is 36.5 Å². The van der Waals surface area contributed by atoms with Crippen LogP contribution in [0.3, 0.4) is 0 Å². The highest BCUT2D eigenvalue weighted by molar-refractivity contribution is 14.0. The van der Waals surface area contributed by atoms with Gasteiger partial charge in [-0.1, -0.05) is 31.5 Å². The summed E-state index contributed by atoms with van der Waals surface area (Å²) >= 11 is 6.06. The van der Waals surface area contributed by atoms with Gasteiger partial charge in [0, 0.05) is 30.6 Å². The number of alkyl halides is 3. The normalized spacial score (nSPS) is 12.6. The second-order valence-corrected chi connectivity index (χ2v) is 6.13. The SMILES string of the molecule is CN=C(NCCC(F)(F)F)NCC(C)(C)c1ccc(F)cc1Cl.I. The zero-order chi connectivity index (χ0) is 17.7. The molecular formula is C15H21ClF4IN3. The van der Waals surface area contributed by atoms with E-state index in [0.717, 1.165) is 5.56 Å². The zero-order valence-electron chi connectivity index (χ0n) is 13.6. The Balaban J connectivity index is 0.00000529. The summed E-state index contributed by atoms with van der Waals surface area (Å²) in [5.74, 6) is -0.160. The zero-order valence-corrected chi connectivity index (χ0v) is 16.7. The molecule has 0 radical (unpaired) electrons. The van der Waals surface area contributed by atoms with Crippen molar-refractivity contribution in [1.29, 1.82) is 0 Å². The van der Waals surface area contributed by atoms with Gasteiger partial charge in [-0.15, -0.1) is 24.0 Å². The third-order valence-electron chi connectivity index (χ3n) is 3.28. The van der Waals surface area contributed by atoms with Crippen molar-refractivity contribution >= 4 is 41.5 Å².